The summed E-state index contributed by atoms with van der Waals surface area (Å²) in [7, 11) is 0. The number of likely N-dealkylation sites (tertiary alicyclic amines) is 1. The van der Waals surface area contributed by atoms with Crippen LogP contribution in [0.15, 0.2) is 0 Å². The second-order valence-corrected chi connectivity index (χ2v) is 6.14. The number of hydrogen-bond donors (Lipinski definition) is 1. The minimum Gasteiger partial charge on any atom is -0.314 e. The summed E-state index contributed by atoms with van der Waals surface area (Å²) in [4.78, 5) is 2.84. The molecule has 0 radical (unpaired) electrons. The molecule has 17 heavy (non-hydrogen) atoms. The van der Waals surface area contributed by atoms with Crippen LogP contribution in [0.5, 0.6) is 0 Å². The van der Waals surface area contributed by atoms with Crippen molar-refractivity contribution in [2.24, 2.45) is 0 Å². The Kier molecular flexibility index (Phi) is 4.87. The maximum atomic E-state index is 3.61. The maximum Gasteiger partial charge on any atom is 0.0102 e. The lowest BCUT2D eigenvalue weighted by molar-refractivity contribution is 0.0331. The van der Waals surface area contributed by atoms with E-state index < -0.39 is 0 Å². The van der Waals surface area contributed by atoms with Gasteiger partial charge in [-0.2, -0.15) is 0 Å². The first-order valence-electron chi connectivity index (χ1n) is 7.73. The Hall–Kier alpha value is -0.0800. The van der Waals surface area contributed by atoms with Crippen LogP contribution in [0.4, 0.5) is 0 Å². The monoisotopic (exact) mass is 238 g/mol. The summed E-state index contributed by atoms with van der Waals surface area (Å²) in [5.41, 5.74) is 0. The molecule has 2 aliphatic rings. The van der Waals surface area contributed by atoms with E-state index >= 15 is 0 Å². The van der Waals surface area contributed by atoms with E-state index in [2.05, 4.69) is 31.0 Å². The molecule has 2 heteroatoms. The summed E-state index contributed by atoms with van der Waals surface area (Å²) in [6, 6.07) is 3.31. The van der Waals surface area contributed by atoms with Gasteiger partial charge in [-0.3, -0.25) is 4.90 Å². The third-order valence-electron chi connectivity index (χ3n) is 4.87. The van der Waals surface area contributed by atoms with Crippen molar-refractivity contribution in [3.05, 3.63) is 0 Å². The molecule has 2 nitrogen and oxygen atoms in total. The van der Waals surface area contributed by atoms with Gasteiger partial charge in [-0.05, 0) is 58.9 Å². The van der Waals surface area contributed by atoms with E-state index in [1.165, 1.54) is 44.9 Å². The van der Waals surface area contributed by atoms with Gasteiger partial charge in [0.25, 0.3) is 0 Å². The van der Waals surface area contributed by atoms with Crippen LogP contribution in [0.3, 0.4) is 0 Å². The molecule has 0 bridgehead atoms. The number of nitrogens with zero attached hydrogens (tertiary/aromatic N) is 1. The van der Waals surface area contributed by atoms with Gasteiger partial charge in [-0.1, -0.05) is 13.3 Å². The predicted octanol–water partition coefficient (Wildman–Crippen LogP) is 3.17. The molecular formula is C15H30N2. The van der Waals surface area contributed by atoms with Gasteiger partial charge >= 0.3 is 0 Å². The molecule has 2 unspecified atom stereocenters. The molecule has 2 rings (SSSR count). The first-order chi connectivity index (χ1) is 8.22. The molecule has 0 aromatic rings. The average Bonchev–Trinajstić information content (AvgIpc) is 2.31. The Labute approximate surface area is 107 Å². The zero-order valence-electron chi connectivity index (χ0n) is 11.9. The van der Waals surface area contributed by atoms with Gasteiger partial charge in [-0.15, -0.1) is 0 Å². The summed E-state index contributed by atoms with van der Waals surface area (Å²) >= 11 is 0. The van der Waals surface area contributed by atoms with E-state index in [1.54, 1.807) is 0 Å². The van der Waals surface area contributed by atoms with Crippen molar-refractivity contribution >= 4 is 0 Å². The van der Waals surface area contributed by atoms with Crippen LogP contribution in [0, 0.1) is 0 Å². The van der Waals surface area contributed by atoms with Gasteiger partial charge in [-0.25, -0.2) is 0 Å². The topological polar surface area (TPSA) is 15.3 Å². The van der Waals surface area contributed by atoms with Crippen molar-refractivity contribution in [2.45, 2.75) is 89.9 Å². The molecule has 0 amide bonds. The van der Waals surface area contributed by atoms with Crippen molar-refractivity contribution < 1.29 is 0 Å². The van der Waals surface area contributed by atoms with Crippen LogP contribution in [-0.2, 0) is 0 Å². The molecule has 0 aromatic heterocycles. The van der Waals surface area contributed by atoms with E-state index in [0.717, 1.165) is 30.7 Å². The van der Waals surface area contributed by atoms with Crippen molar-refractivity contribution in [3.8, 4) is 0 Å². The molecule has 1 saturated heterocycles. The maximum absolute atomic E-state index is 3.61. The van der Waals surface area contributed by atoms with Crippen LogP contribution >= 0.6 is 0 Å². The Morgan fingerprint density at radius 2 is 1.53 bits per heavy atom. The van der Waals surface area contributed by atoms with Crippen molar-refractivity contribution in [2.75, 3.05) is 6.54 Å². The third-order valence-corrected chi connectivity index (χ3v) is 4.87. The number of rotatable bonds is 3. The normalized spacial score (nSPS) is 40.4. The predicted molar refractivity (Wildman–Crippen MR) is 74.3 cm³/mol. The highest BCUT2D eigenvalue weighted by Gasteiger charge is 2.33. The van der Waals surface area contributed by atoms with E-state index in [0.29, 0.717) is 0 Å². The summed E-state index contributed by atoms with van der Waals surface area (Å²) < 4.78 is 0. The van der Waals surface area contributed by atoms with Gasteiger partial charge in [0.05, 0.1) is 0 Å². The lowest BCUT2D eigenvalue weighted by Crippen LogP contribution is -2.52. The highest BCUT2D eigenvalue weighted by atomic mass is 15.2. The molecule has 2 fully saturated rings. The Balaban J connectivity index is 1.86. The fourth-order valence-electron chi connectivity index (χ4n) is 4.03. The Morgan fingerprint density at radius 3 is 2.06 bits per heavy atom. The quantitative estimate of drug-likeness (QED) is 0.812. The second kappa shape index (κ2) is 6.19. The van der Waals surface area contributed by atoms with Crippen molar-refractivity contribution in [3.63, 3.8) is 0 Å². The standard InChI is InChI=1S/C15H30N2/c1-4-16-14-8-10-15(11-9-14)17-12(2)6-5-7-13(17)3/h12-16H,4-11H2,1-3H3. The highest BCUT2D eigenvalue weighted by molar-refractivity contribution is 4.89. The fraction of sp³-hybridized carbons (Fsp3) is 1.00. The van der Waals surface area contributed by atoms with Gasteiger partial charge in [0, 0.05) is 24.2 Å². The van der Waals surface area contributed by atoms with Crippen molar-refractivity contribution in [1.29, 1.82) is 0 Å². The summed E-state index contributed by atoms with van der Waals surface area (Å²) in [6.07, 6.45) is 9.85. The van der Waals surface area contributed by atoms with Gasteiger partial charge < -0.3 is 5.32 Å². The number of nitrogens with one attached hydrogen (secondary N) is 1. The molecule has 1 aliphatic carbocycles. The molecule has 100 valence electrons. The molecule has 1 saturated carbocycles. The minimum atomic E-state index is 0.798. The van der Waals surface area contributed by atoms with E-state index in [9.17, 15) is 0 Å². The summed E-state index contributed by atoms with van der Waals surface area (Å²) in [5, 5.41) is 3.61. The Morgan fingerprint density at radius 1 is 0.941 bits per heavy atom. The zero-order chi connectivity index (χ0) is 12.3. The first-order valence-corrected chi connectivity index (χ1v) is 7.73. The SMILES string of the molecule is CCNC1CCC(N2C(C)CCCC2C)CC1. The summed E-state index contributed by atoms with van der Waals surface area (Å²) in [5.74, 6) is 0. The molecular weight excluding hydrogens is 208 g/mol. The minimum absolute atomic E-state index is 0.798. The molecule has 0 aromatic carbocycles. The molecule has 0 spiro atoms. The molecule has 2 atom stereocenters. The lowest BCUT2D eigenvalue weighted by Gasteiger charge is -2.46. The third kappa shape index (κ3) is 3.23. The van der Waals surface area contributed by atoms with Gasteiger partial charge in [0.1, 0.15) is 0 Å². The molecule has 1 heterocycles. The second-order valence-electron chi connectivity index (χ2n) is 6.14. The summed E-state index contributed by atoms with van der Waals surface area (Å²) in [6.45, 7) is 8.23. The average molecular weight is 238 g/mol. The first kappa shape index (κ1) is 13.4. The Bertz CT molecular complexity index is 211. The van der Waals surface area contributed by atoms with Crippen LogP contribution < -0.4 is 5.32 Å². The number of piperidine rings is 1. The van der Waals surface area contributed by atoms with E-state index in [-0.39, 0.29) is 0 Å². The van der Waals surface area contributed by atoms with Crippen LogP contribution in [-0.4, -0.2) is 35.6 Å². The highest BCUT2D eigenvalue weighted by Crippen LogP contribution is 2.31. The van der Waals surface area contributed by atoms with E-state index in [1.807, 2.05) is 0 Å². The van der Waals surface area contributed by atoms with Gasteiger partial charge in [0.2, 0.25) is 0 Å². The molecule has 1 N–H and O–H groups in total. The van der Waals surface area contributed by atoms with Gasteiger partial charge in [0.15, 0.2) is 0 Å². The largest absolute Gasteiger partial charge is 0.314 e. The van der Waals surface area contributed by atoms with E-state index in [4.69, 9.17) is 0 Å². The number of hydrogen-bond acceptors (Lipinski definition) is 2. The van der Waals surface area contributed by atoms with Crippen molar-refractivity contribution in [1.82, 2.24) is 10.2 Å². The van der Waals surface area contributed by atoms with Crippen LogP contribution in [0.25, 0.3) is 0 Å². The van der Waals surface area contributed by atoms with Crippen LogP contribution in [0.1, 0.15) is 65.7 Å². The van der Waals surface area contributed by atoms with Crippen LogP contribution in [0.2, 0.25) is 0 Å². The molecule has 1 aliphatic heterocycles. The zero-order valence-corrected chi connectivity index (χ0v) is 11.9. The smallest absolute Gasteiger partial charge is 0.0102 e. The fourth-order valence-corrected chi connectivity index (χ4v) is 4.03. The lowest BCUT2D eigenvalue weighted by atomic mass is 9.86.